The second-order valence-corrected chi connectivity index (χ2v) is 6.80. The summed E-state index contributed by atoms with van der Waals surface area (Å²) in [7, 11) is 2.87. The Morgan fingerprint density at radius 2 is 1.73 bits per heavy atom. The number of benzene rings is 2. The van der Waals surface area contributed by atoms with Crippen LogP contribution in [0, 0.1) is 0 Å². The van der Waals surface area contributed by atoms with E-state index in [1.807, 2.05) is 37.3 Å². The highest BCUT2D eigenvalue weighted by molar-refractivity contribution is 8.00. The molecule has 2 N–H and O–H groups in total. The van der Waals surface area contributed by atoms with E-state index in [9.17, 15) is 14.7 Å². The van der Waals surface area contributed by atoms with Crippen LogP contribution >= 0.6 is 11.8 Å². The van der Waals surface area contributed by atoms with E-state index in [1.54, 1.807) is 0 Å². The highest BCUT2D eigenvalue weighted by atomic mass is 32.2. The molecule has 0 saturated carbocycles. The molecule has 0 aromatic heterocycles. The number of amides is 1. The number of methoxy groups -OCH3 is 2. The second kappa shape index (κ2) is 9.15. The summed E-state index contributed by atoms with van der Waals surface area (Å²) < 4.78 is 10.3. The Morgan fingerprint density at radius 3 is 2.31 bits per heavy atom. The highest BCUT2D eigenvalue weighted by Gasteiger charge is 2.18. The molecule has 1 amide bonds. The lowest BCUT2D eigenvalue weighted by atomic mass is 10.1. The molecule has 2 rings (SSSR count). The summed E-state index contributed by atoms with van der Waals surface area (Å²) in [6.45, 7) is 2.02. The molecule has 0 spiro atoms. The molecule has 2 aromatic carbocycles. The fourth-order valence-corrected chi connectivity index (χ4v) is 3.19. The Hall–Kier alpha value is -2.67. The Kier molecular flexibility index (Phi) is 6.91. The molecule has 0 bridgehead atoms. The number of thioether (sulfide) groups is 1. The first-order chi connectivity index (χ1) is 12.5. The highest BCUT2D eigenvalue weighted by Crippen LogP contribution is 2.34. The number of nitrogens with one attached hydrogen (secondary N) is 1. The number of hydrogen-bond acceptors (Lipinski definition) is 5. The third kappa shape index (κ3) is 4.92. The minimum Gasteiger partial charge on any atom is -0.493 e. The van der Waals surface area contributed by atoms with Crippen LogP contribution in [0.5, 0.6) is 11.5 Å². The van der Waals surface area contributed by atoms with Crippen molar-refractivity contribution in [3.8, 4) is 11.5 Å². The zero-order chi connectivity index (χ0) is 19.1. The molecular weight excluding hydrogens is 354 g/mol. The molecule has 0 saturated heterocycles. The quantitative estimate of drug-likeness (QED) is 0.729. The number of rotatable bonds is 8. The Labute approximate surface area is 156 Å². The number of carboxylic acids is 1. The normalized spacial score (nSPS) is 11.5. The fraction of sp³-hybridized carbons (Fsp3) is 0.263. The summed E-state index contributed by atoms with van der Waals surface area (Å²) >= 11 is 1.47. The maximum atomic E-state index is 12.3. The lowest BCUT2D eigenvalue weighted by Gasteiger charge is -2.15. The lowest BCUT2D eigenvalue weighted by Crippen LogP contribution is -2.17. The predicted molar refractivity (Wildman–Crippen MR) is 102 cm³/mol. The second-order valence-electron chi connectivity index (χ2n) is 5.47. The van der Waals surface area contributed by atoms with Crippen molar-refractivity contribution in [3.63, 3.8) is 0 Å². The van der Waals surface area contributed by atoms with E-state index in [1.165, 1.54) is 38.1 Å². The van der Waals surface area contributed by atoms with Gasteiger partial charge in [-0.15, -0.1) is 11.8 Å². The largest absolute Gasteiger partial charge is 0.493 e. The van der Waals surface area contributed by atoms with Crippen molar-refractivity contribution in [2.75, 3.05) is 25.3 Å². The van der Waals surface area contributed by atoms with Gasteiger partial charge in [0.05, 0.1) is 31.2 Å². The van der Waals surface area contributed by atoms with E-state index in [0.717, 1.165) is 5.56 Å². The van der Waals surface area contributed by atoms with Crippen LogP contribution in [0.2, 0.25) is 0 Å². The van der Waals surface area contributed by atoms with E-state index >= 15 is 0 Å². The van der Waals surface area contributed by atoms with Crippen molar-refractivity contribution >= 4 is 29.3 Å². The van der Waals surface area contributed by atoms with Gasteiger partial charge in [-0.1, -0.05) is 30.3 Å². The number of aromatic carboxylic acids is 1. The van der Waals surface area contributed by atoms with Gasteiger partial charge in [-0.05, 0) is 12.5 Å². The molecule has 7 heteroatoms. The molecule has 1 unspecified atom stereocenters. The van der Waals surface area contributed by atoms with Gasteiger partial charge < -0.3 is 19.9 Å². The van der Waals surface area contributed by atoms with Gasteiger partial charge in [0.1, 0.15) is 0 Å². The van der Waals surface area contributed by atoms with Crippen LogP contribution in [0.15, 0.2) is 42.5 Å². The van der Waals surface area contributed by atoms with E-state index in [-0.39, 0.29) is 33.9 Å². The van der Waals surface area contributed by atoms with Crippen LogP contribution in [0.25, 0.3) is 0 Å². The van der Waals surface area contributed by atoms with E-state index in [0.29, 0.717) is 5.75 Å². The number of carbonyl (C=O) groups excluding carboxylic acids is 1. The molecule has 6 nitrogen and oxygen atoms in total. The molecule has 138 valence electrons. The third-order valence-electron chi connectivity index (χ3n) is 3.76. The molecule has 1 atom stereocenters. The van der Waals surface area contributed by atoms with Gasteiger partial charge in [0.15, 0.2) is 11.5 Å². The molecule has 26 heavy (non-hydrogen) atoms. The van der Waals surface area contributed by atoms with Gasteiger partial charge in [0.25, 0.3) is 0 Å². The summed E-state index contributed by atoms with van der Waals surface area (Å²) in [5, 5.41) is 12.2. The minimum absolute atomic E-state index is 0.0582. The number of hydrogen-bond donors (Lipinski definition) is 2. The van der Waals surface area contributed by atoms with Crippen LogP contribution in [-0.4, -0.2) is 37.0 Å². The van der Waals surface area contributed by atoms with Gasteiger partial charge in [-0.2, -0.15) is 0 Å². The summed E-state index contributed by atoms with van der Waals surface area (Å²) in [4.78, 5) is 23.7. The molecule has 0 heterocycles. The van der Waals surface area contributed by atoms with Gasteiger partial charge in [0.2, 0.25) is 5.91 Å². The van der Waals surface area contributed by atoms with Crippen molar-refractivity contribution < 1.29 is 24.2 Å². The molecule has 2 aromatic rings. The lowest BCUT2D eigenvalue weighted by molar-refractivity contribution is -0.113. The predicted octanol–water partition coefficient (Wildman–Crippen LogP) is 3.83. The zero-order valence-corrected chi connectivity index (χ0v) is 15.6. The number of carbonyl (C=O) groups is 2. The SMILES string of the molecule is COc1cc(NC(=O)CSC(C)c2ccccc2)c(C(=O)O)cc1OC. The first-order valence-corrected chi connectivity index (χ1v) is 8.96. The fourth-order valence-electron chi connectivity index (χ4n) is 2.37. The van der Waals surface area contributed by atoms with E-state index < -0.39 is 5.97 Å². The van der Waals surface area contributed by atoms with Crippen LogP contribution in [0.4, 0.5) is 5.69 Å². The van der Waals surface area contributed by atoms with Crippen LogP contribution < -0.4 is 14.8 Å². The molecule has 0 aliphatic heterocycles. The Bertz CT molecular complexity index is 779. The van der Waals surface area contributed by atoms with Crippen molar-refractivity contribution in [2.45, 2.75) is 12.2 Å². The summed E-state index contributed by atoms with van der Waals surface area (Å²) in [6.07, 6.45) is 0. The average Bonchev–Trinajstić information content (AvgIpc) is 2.66. The van der Waals surface area contributed by atoms with Crippen molar-refractivity contribution in [3.05, 3.63) is 53.6 Å². The molecular formula is C19H21NO5S. The third-order valence-corrected chi connectivity index (χ3v) is 4.96. The van der Waals surface area contributed by atoms with Crippen molar-refractivity contribution in [1.29, 1.82) is 0 Å². The first-order valence-electron chi connectivity index (χ1n) is 7.92. The minimum atomic E-state index is -1.16. The molecule has 0 fully saturated rings. The first kappa shape index (κ1) is 19.7. The summed E-state index contributed by atoms with van der Waals surface area (Å²) in [6, 6.07) is 12.6. The average molecular weight is 375 g/mol. The number of anilines is 1. The van der Waals surface area contributed by atoms with Gasteiger partial charge in [0, 0.05) is 17.4 Å². The smallest absolute Gasteiger partial charge is 0.337 e. The van der Waals surface area contributed by atoms with Gasteiger partial charge >= 0.3 is 5.97 Å². The van der Waals surface area contributed by atoms with Gasteiger partial charge in [-0.25, -0.2) is 4.79 Å². The maximum Gasteiger partial charge on any atom is 0.337 e. The van der Waals surface area contributed by atoms with Crippen molar-refractivity contribution in [1.82, 2.24) is 0 Å². The van der Waals surface area contributed by atoms with E-state index in [4.69, 9.17) is 9.47 Å². The number of ether oxygens (including phenoxy) is 2. The maximum absolute atomic E-state index is 12.3. The van der Waals surface area contributed by atoms with Crippen LogP contribution in [0.3, 0.4) is 0 Å². The Morgan fingerprint density at radius 1 is 1.12 bits per heavy atom. The zero-order valence-electron chi connectivity index (χ0n) is 14.8. The number of carboxylic acid groups (broad SMARTS) is 1. The molecule has 0 radical (unpaired) electrons. The monoisotopic (exact) mass is 375 g/mol. The summed E-state index contributed by atoms with van der Waals surface area (Å²) in [5.74, 6) is -0.615. The van der Waals surface area contributed by atoms with E-state index in [2.05, 4.69) is 5.32 Å². The molecule has 0 aliphatic carbocycles. The van der Waals surface area contributed by atoms with Crippen LogP contribution in [-0.2, 0) is 4.79 Å². The molecule has 0 aliphatic rings. The van der Waals surface area contributed by atoms with Gasteiger partial charge in [-0.3, -0.25) is 4.79 Å². The van der Waals surface area contributed by atoms with Crippen LogP contribution in [0.1, 0.15) is 28.1 Å². The standard InChI is InChI=1S/C19H21NO5S/c1-12(13-7-5-4-6-8-13)26-11-18(21)20-15-10-17(25-3)16(24-2)9-14(15)19(22)23/h4-10,12H,11H2,1-3H3,(H,20,21)(H,22,23). The topological polar surface area (TPSA) is 84.9 Å². The summed E-state index contributed by atoms with van der Waals surface area (Å²) in [5.41, 5.74) is 1.24. The van der Waals surface area contributed by atoms with Crippen molar-refractivity contribution in [2.24, 2.45) is 0 Å². The Balaban J connectivity index is 2.09.